The van der Waals surface area contributed by atoms with Gasteiger partial charge in [-0.25, -0.2) is 8.78 Å². The van der Waals surface area contributed by atoms with Crippen LogP contribution in [0.1, 0.15) is 25.2 Å². The molecule has 3 aromatic rings. The molecule has 0 saturated carbocycles. The summed E-state index contributed by atoms with van der Waals surface area (Å²) in [4.78, 5) is 24.6. The van der Waals surface area contributed by atoms with Crippen LogP contribution in [0, 0.1) is 11.6 Å². The number of halogens is 2. The van der Waals surface area contributed by atoms with Crippen molar-refractivity contribution in [3.8, 4) is 0 Å². The maximum Gasteiger partial charge on any atom is 0.313 e. The summed E-state index contributed by atoms with van der Waals surface area (Å²) in [7, 11) is 0. The number of ether oxygens (including phenoxy) is 1. The lowest BCUT2D eigenvalue weighted by atomic mass is 10.2. The highest BCUT2D eigenvalue weighted by Gasteiger charge is 2.22. The molecular formula is C22H22F2N4O3S. The van der Waals surface area contributed by atoms with E-state index in [1.807, 2.05) is 30.3 Å². The number of hydrogen-bond donors (Lipinski definition) is 1. The Balaban J connectivity index is 1.77. The fourth-order valence-corrected chi connectivity index (χ4v) is 3.70. The Morgan fingerprint density at radius 2 is 1.88 bits per heavy atom. The van der Waals surface area contributed by atoms with Crippen LogP contribution >= 0.6 is 11.8 Å². The van der Waals surface area contributed by atoms with Gasteiger partial charge in [0.05, 0.1) is 18.4 Å². The van der Waals surface area contributed by atoms with Crippen molar-refractivity contribution in [2.45, 2.75) is 37.2 Å². The lowest BCUT2D eigenvalue weighted by Crippen LogP contribution is -2.23. The number of carbonyl (C=O) groups is 2. The first-order valence-electron chi connectivity index (χ1n) is 9.91. The number of amides is 1. The predicted molar refractivity (Wildman–Crippen MR) is 116 cm³/mol. The number of nitrogens with one attached hydrogen (secondary N) is 1. The summed E-state index contributed by atoms with van der Waals surface area (Å²) >= 11 is 1.14. The van der Waals surface area contributed by atoms with Crippen molar-refractivity contribution in [3.05, 3.63) is 71.6 Å². The lowest BCUT2D eigenvalue weighted by Gasteiger charge is -2.14. The van der Waals surface area contributed by atoms with Crippen molar-refractivity contribution in [1.29, 1.82) is 0 Å². The van der Waals surface area contributed by atoms with E-state index in [0.29, 0.717) is 17.5 Å². The van der Waals surface area contributed by atoms with Crippen LogP contribution in [0.5, 0.6) is 0 Å². The molecule has 0 fully saturated rings. The van der Waals surface area contributed by atoms with Crippen LogP contribution in [0.3, 0.4) is 0 Å². The Bertz CT molecular complexity index is 1090. The second-order valence-corrected chi connectivity index (χ2v) is 8.14. The number of esters is 1. The van der Waals surface area contributed by atoms with E-state index in [0.717, 1.165) is 29.5 Å². The number of carbonyl (C=O) groups excluding carboxylic acids is 2. The molecule has 0 aliphatic carbocycles. The van der Waals surface area contributed by atoms with Crippen LogP contribution in [0.15, 0.2) is 53.7 Å². The number of aromatic nitrogens is 3. The molecule has 0 aliphatic rings. The Kier molecular flexibility index (Phi) is 7.93. The molecule has 1 heterocycles. The molecule has 2 aromatic carbocycles. The minimum absolute atomic E-state index is 0.0519. The van der Waals surface area contributed by atoms with E-state index < -0.39 is 28.8 Å². The van der Waals surface area contributed by atoms with E-state index in [-0.39, 0.29) is 18.7 Å². The molecule has 0 spiro atoms. The molecular weight excluding hydrogens is 438 g/mol. The number of rotatable bonds is 9. The van der Waals surface area contributed by atoms with E-state index in [4.69, 9.17) is 4.74 Å². The molecule has 0 radical (unpaired) electrons. The van der Waals surface area contributed by atoms with Crippen molar-refractivity contribution in [2.75, 3.05) is 11.9 Å². The fraction of sp³-hybridized carbons (Fsp3) is 0.273. The van der Waals surface area contributed by atoms with Gasteiger partial charge in [-0.2, -0.15) is 0 Å². The molecule has 0 saturated heterocycles. The average Bonchev–Trinajstić information content (AvgIpc) is 3.12. The summed E-state index contributed by atoms with van der Waals surface area (Å²) < 4.78 is 33.3. The summed E-state index contributed by atoms with van der Waals surface area (Å²) in [6, 6.07) is 12.7. The smallest absolute Gasteiger partial charge is 0.313 e. The molecule has 1 aromatic heterocycles. The van der Waals surface area contributed by atoms with Crippen molar-refractivity contribution in [3.63, 3.8) is 0 Å². The second-order valence-electron chi connectivity index (χ2n) is 6.83. The van der Waals surface area contributed by atoms with Crippen LogP contribution in [0.25, 0.3) is 0 Å². The molecule has 10 heteroatoms. The van der Waals surface area contributed by atoms with Crippen molar-refractivity contribution in [1.82, 2.24) is 14.8 Å². The Hall–Kier alpha value is -3.27. The standard InChI is InChI=1S/C22H22F2N4O3S/c1-3-31-20(29)12-19-26-27-22(28(19)13-15-7-5-4-6-8-15)32-14(2)21(30)25-16-9-10-17(23)18(24)11-16/h4-11,14H,3,12-13H2,1-2H3,(H,25,30). The molecule has 1 N–H and O–H groups in total. The first-order valence-corrected chi connectivity index (χ1v) is 10.8. The van der Waals surface area contributed by atoms with Gasteiger partial charge in [0.15, 0.2) is 16.8 Å². The Morgan fingerprint density at radius 3 is 2.56 bits per heavy atom. The number of thioether (sulfide) groups is 1. The van der Waals surface area contributed by atoms with E-state index in [1.165, 1.54) is 6.07 Å². The largest absolute Gasteiger partial charge is 0.466 e. The molecule has 1 atom stereocenters. The van der Waals surface area contributed by atoms with Gasteiger partial charge in [-0.1, -0.05) is 42.1 Å². The highest BCUT2D eigenvalue weighted by atomic mass is 32.2. The third kappa shape index (κ3) is 6.13. The van der Waals surface area contributed by atoms with Crippen molar-refractivity contribution in [2.24, 2.45) is 0 Å². The summed E-state index contributed by atoms with van der Waals surface area (Å²) in [5.74, 6) is -2.46. The van der Waals surface area contributed by atoms with Crippen LogP contribution in [0.4, 0.5) is 14.5 Å². The maximum atomic E-state index is 13.4. The van der Waals surface area contributed by atoms with Crippen molar-refractivity contribution >= 4 is 29.3 Å². The van der Waals surface area contributed by atoms with Gasteiger partial charge in [0.25, 0.3) is 0 Å². The third-order valence-corrected chi connectivity index (χ3v) is 5.50. The van der Waals surface area contributed by atoms with Gasteiger partial charge in [-0.3, -0.25) is 9.59 Å². The highest BCUT2D eigenvalue weighted by Crippen LogP contribution is 2.25. The summed E-state index contributed by atoms with van der Waals surface area (Å²) in [6.07, 6.45) is -0.0519. The van der Waals surface area contributed by atoms with Crippen molar-refractivity contribution < 1.29 is 23.1 Å². The predicted octanol–water partition coefficient (Wildman–Crippen LogP) is 3.83. The topological polar surface area (TPSA) is 86.1 Å². The van der Waals surface area contributed by atoms with Crippen LogP contribution in [-0.2, 0) is 27.3 Å². The normalized spacial score (nSPS) is 11.8. The maximum absolute atomic E-state index is 13.4. The number of hydrogen-bond acceptors (Lipinski definition) is 6. The quantitative estimate of drug-likeness (QED) is 0.386. The highest BCUT2D eigenvalue weighted by molar-refractivity contribution is 8.00. The monoisotopic (exact) mass is 460 g/mol. The number of benzene rings is 2. The van der Waals surface area contributed by atoms with Crippen LogP contribution in [-0.4, -0.2) is 38.5 Å². The SMILES string of the molecule is CCOC(=O)Cc1nnc(SC(C)C(=O)Nc2ccc(F)c(F)c2)n1Cc1ccccc1. The minimum atomic E-state index is -1.05. The molecule has 7 nitrogen and oxygen atoms in total. The van der Waals surface area contributed by atoms with Crippen LogP contribution < -0.4 is 5.32 Å². The summed E-state index contributed by atoms with van der Waals surface area (Å²) in [5, 5.41) is 10.7. The fourth-order valence-electron chi connectivity index (χ4n) is 2.83. The zero-order valence-corrected chi connectivity index (χ0v) is 18.4. The zero-order chi connectivity index (χ0) is 23.1. The van der Waals surface area contributed by atoms with Crippen LogP contribution in [0.2, 0.25) is 0 Å². The lowest BCUT2D eigenvalue weighted by molar-refractivity contribution is -0.142. The first kappa shape index (κ1) is 23.4. The number of nitrogens with zero attached hydrogens (tertiary/aromatic N) is 3. The van der Waals surface area contributed by atoms with E-state index in [2.05, 4.69) is 15.5 Å². The average molecular weight is 461 g/mol. The summed E-state index contributed by atoms with van der Waals surface area (Å²) in [5.41, 5.74) is 1.12. The Morgan fingerprint density at radius 1 is 1.12 bits per heavy atom. The van der Waals surface area contributed by atoms with E-state index in [9.17, 15) is 18.4 Å². The molecule has 0 aliphatic heterocycles. The molecule has 0 bridgehead atoms. The molecule has 1 amide bonds. The third-order valence-electron chi connectivity index (χ3n) is 4.42. The van der Waals surface area contributed by atoms with E-state index >= 15 is 0 Å². The first-order chi connectivity index (χ1) is 15.4. The van der Waals surface area contributed by atoms with Gasteiger partial charge in [0.2, 0.25) is 5.91 Å². The van der Waals surface area contributed by atoms with Gasteiger partial charge in [0.1, 0.15) is 12.2 Å². The summed E-state index contributed by atoms with van der Waals surface area (Å²) in [6.45, 7) is 4.05. The molecule has 3 rings (SSSR count). The van der Waals surface area contributed by atoms with Gasteiger partial charge in [0, 0.05) is 11.8 Å². The Labute approximate surface area is 188 Å². The van der Waals surface area contributed by atoms with Gasteiger partial charge >= 0.3 is 5.97 Å². The molecule has 168 valence electrons. The second kappa shape index (κ2) is 10.9. The van der Waals surface area contributed by atoms with Gasteiger partial charge in [-0.15, -0.1) is 10.2 Å². The molecule has 1 unspecified atom stereocenters. The zero-order valence-electron chi connectivity index (χ0n) is 17.5. The number of anilines is 1. The van der Waals surface area contributed by atoms with Gasteiger partial charge < -0.3 is 14.6 Å². The minimum Gasteiger partial charge on any atom is -0.466 e. The van der Waals surface area contributed by atoms with Gasteiger partial charge in [-0.05, 0) is 31.5 Å². The van der Waals surface area contributed by atoms with E-state index in [1.54, 1.807) is 18.4 Å². The molecule has 32 heavy (non-hydrogen) atoms.